The van der Waals surface area contributed by atoms with E-state index in [4.69, 9.17) is 30.5 Å². The van der Waals surface area contributed by atoms with Crippen molar-refractivity contribution in [2.24, 2.45) is 0 Å². The number of halogens is 1. The van der Waals surface area contributed by atoms with Gasteiger partial charge in [0.15, 0.2) is 46.5 Å². The van der Waals surface area contributed by atoms with Crippen molar-refractivity contribution in [3.63, 3.8) is 0 Å². The highest BCUT2D eigenvalue weighted by Gasteiger charge is 2.49. The molecular weight excluding hydrogens is 1550 g/mol. The number of aliphatic hydroxyl groups excluding tert-OH is 7. The van der Waals surface area contributed by atoms with Gasteiger partial charge in [0.05, 0.1) is 18.3 Å². The maximum atomic E-state index is 13.3. The molecule has 27 heteroatoms. The Balaban J connectivity index is 0.000000281. The normalized spacial score (nSPS) is 16.7. The highest BCUT2D eigenvalue weighted by atomic mass is 127. The molecule has 11 atom stereocenters. The third-order valence-electron chi connectivity index (χ3n) is 19.1. The minimum absolute atomic E-state index is 0.250. The summed E-state index contributed by atoms with van der Waals surface area (Å²) < 4.78 is 23.1. The number of nitrogens with zero attached hydrogens (tertiary/aromatic N) is 3. The highest BCUT2D eigenvalue weighted by molar-refractivity contribution is 14.1. The van der Waals surface area contributed by atoms with E-state index in [0.717, 1.165) is 50.2 Å². The molecule has 6 aromatic rings. The van der Waals surface area contributed by atoms with Gasteiger partial charge < -0.3 is 85.3 Å². The van der Waals surface area contributed by atoms with Crippen LogP contribution in [0.25, 0.3) is 0 Å². The lowest BCUT2D eigenvalue weighted by Gasteiger charge is -2.36. The van der Waals surface area contributed by atoms with Crippen LogP contribution in [0, 0.1) is 39.6 Å². The first-order chi connectivity index (χ1) is 53.1. The number of hydrogen-bond donors (Lipinski definition) is 10. The summed E-state index contributed by atoms with van der Waals surface area (Å²) in [4.78, 5) is 118. The average Bonchev–Trinajstić information content (AvgIpc) is 0.790. The van der Waals surface area contributed by atoms with E-state index < -0.39 is 125 Å². The molecule has 0 saturated carbocycles. The Morgan fingerprint density at radius 1 is 0.446 bits per heavy atom. The van der Waals surface area contributed by atoms with Crippen molar-refractivity contribution in [1.29, 1.82) is 0 Å². The summed E-state index contributed by atoms with van der Waals surface area (Å²) in [7, 11) is 8.38. The van der Waals surface area contributed by atoms with E-state index in [1.165, 1.54) is 81.8 Å². The fraction of sp³-hybridized carbons (Fsp3) is 0.400. The van der Waals surface area contributed by atoms with Gasteiger partial charge in [0.25, 0.3) is 35.4 Å². The predicted molar refractivity (Wildman–Crippen MR) is 426 cm³/mol. The molecule has 0 aliphatic carbocycles. The van der Waals surface area contributed by atoms with Gasteiger partial charge in [0, 0.05) is 104 Å². The first-order valence-corrected chi connectivity index (χ1v) is 37.2. The average molecular weight is 1650 g/mol. The number of rotatable bonds is 25. The molecule has 2 aliphatic rings. The molecule has 0 aromatic heterocycles. The van der Waals surface area contributed by atoms with Gasteiger partial charge in [-0.1, -0.05) is 66.0 Å². The van der Waals surface area contributed by atoms with Gasteiger partial charge in [-0.25, -0.2) is 0 Å². The SMILES string of the molecule is C#Cc1ccc([C@H](O)C(C)O)cc1.CNC(=O)[C@@](C)(C(=O)CO)N(C)C(=O)c1ccc(C#Cc2ccc([C@H](O)C(C)O)cc2)cc1.CNC(=O)[C@@](C)(C(=O)COC1CCCCO1)N(C)C(=O)c1ccc(C#Cc2ccc([C@H](O)C(C)O)cc2)cc1.CNC(=O)[C@@](C)(C(=O)COC1CCCCO1)N(C)C(=O)c1ccc(I)cc1. The summed E-state index contributed by atoms with van der Waals surface area (Å²) >= 11 is 2.14. The number of likely N-dealkylation sites (N-methyl/N-ethyl adjacent to an activating group) is 6. The predicted octanol–water partition coefficient (Wildman–Crippen LogP) is 5.89. The number of benzene rings is 6. The smallest absolute Gasteiger partial charge is 0.254 e. The van der Waals surface area contributed by atoms with E-state index in [-0.39, 0.29) is 18.8 Å². The fourth-order valence-electron chi connectivity index (χ4n) is 11.2. The Kier molecular flexibility index (Phi) is 36.7. The van der Waals surface area contributed by atoms with Crippen molar-refractivity contribution in [3.05, 3.63) is 210 Å². The second kappa shape index (κ2) is 44.4. The second-order valence-corrected chi connectivity index (χ2v) is 28.2. The van der Waals surface area contributed by atoms with Crippen LogP contribution < -0.4 is 16.0 Å². The van der Waals surface area contributed by atoms with Crippen LogP contribution in [0.2, 0.25) is 0 Å². The molecule has 0 radical (unpaired) electrons. The zero-order valence-corrected chi connectivity index (χ0v) is 67.1. The lowest BCUT2D eigenvalue weighted by molar-refractivity contribution is -0.174. The summed E-state index contributed by atoms with van der Waals surface area (Å²) in [6, 6.07) is 40.5. The molecule has 112 heavy (non-hydrogen) atoms. The molecule has 0 spiro atoms. The maximum Gasteiger partial charge on any atom is 0.254 e. The second-order valence-electron chi connectivity index (χ2n) is 26.9. The molecule has 5 unspecified atom stereocenters. The lowest BCUT2D eigenvalue weighted by atomic mass is 9.92. The molecule has 8 rings (SSSR count). The van der Waals surface area contributed by atoms with Gasteiger partial charge in [-0.2, -0.15) is 0 Å². The largest absolute Gasteiger partial charge is 0.390 e. The number of amides is 6. The van der Waals surface area contributed by atoms with Gasteiger partial charge in [-0.05, 0) is 229 Å². The number of aliphatic hydroxyl groups is 7. The molecular formula is C85H101IN6O20. The number of terminal acetylenes is 1. The fourth-order valence-corrected chi connectivity index (χ4v) is 11.5. The number of carbonyl (C=O) groups excluding carboxylic acids is 9. The molecule has 26 nitrogen and oxygen atoms in total. The Bertz CT molecular complexity index is 4310. The van der Waals surface area contributed by atoms with Crippen molar-refractivity contribution < 1.29 is 97.8 Å². The Labute approximate surface area is 667 Å². The van der Waals surface area contributed by atoms with Crippen LogP contribution >= 0.6 is 22.6 Å². The van der Waals surface area contributed by atoms with E-state index in [1.807, 2.05) is 0 Å². The van der Waals surface area contributed by atoms with Crippen LogP contribution in [0.3, 0.4) is 0 Å². The Morgan fingerprint density at radius 3 is 0.946 bits per heavy atom. The van der Waals surface area contributed by atoms with Crippen LogP contribution in [-0.4, -0.2) is 226 Å². The molecule has 0 bridgehead atoms. The minimum Gasteiger partial charge on any atom is -0.390 e. The van der Waals surface area contributed by atoms with E-state index in [9.17, 15) is 73.8 Å². The number of carbonyl (C=O) groups is 9. The summed E-state index contributed by atoms with van der Waals surface area (Å²) in [6.07, 6.45) is 4.13. The monoisotopic (exact) mass is 1650 g/mol. The van der Waals surface area contributed by atoms with Crippen molar-refractivity contribution in [3.8, 4) is 36.0 Å². The zero-order valence-electron chi connectivity index (χ0n) is 65.0. The number of ketones is 3. The quantitative estimate of drug-likeness (QED) is 0.0181. The molecule has 598 valence electrons. The van der Waals surface area contributed by atoms with Crippen LogP contribution in [0.4, 0.5) is 0 Å². The first kappa shape index (κ1) is 92.7. The minimum atomic E-state index is -1.85. The van der Waals surface area contributed by atoms with E-state index in [2.05, 4.69) is 68.1 Å². The molecule has 6 amide bonds. The van der Waals surface area contributed by atoms with Gasteiger partial charge in [0.1, 0.15) is 38.1 Å². The van der Waals surface area contributed by atoms with E-state index in [0.29, 0.717) is 70.6 Å². The third-order valence-corrected chi connectivity index (χ3v) is 19.9. The maximum absolute atomic E-state index is 13.3. The third kappa shape index (κ3) is 25.1. The summed E-state index contributed by atoms with van der Waals surface area (Å²) in [5, 5.41) is 74.0. The molecule has 6 aromatic carbocycles. The zero-order chi connectivity index (χ0) is 83.2. The van der Waals surface area contributed by atoms with Crippen molar-refractivity contribution in [2.75, 3.05) is 75.3 Å². The van der Waals surface area contributed by atoms with Crippen LogP contribution in [0.15, 0.2) is 146 Å². The summed E-state index contributed by atoms with van der Waals surface area (Å²) in [5.41, 5.74) is 0.966. The number of nitrogens with one attached hydrogen (secondary N) is 3. The lowest BCUT2D eigenvalue weighted by Crippen LogP contribution is -2.62. The number of Topliss-reactive ketones (excluding diaryl/α,β-unsaturated/α-hetero) is 3. The van der Waals surface area contributed by atoms with Crippen LogP contribution in [-0.2, 0) is 47.7 Å². The molecule has 2 fully saturated rings. The van der Waals surface area contributed by atoms with Crippen LogP contribution in [0.5, 0.6) is 0 Å². The molecule has 2 saturated heterocycles. The number of hydrogen-bond acceptors (Lipinski definition) is 20. The van der Waals surface area contributed by atoms with Crippen molar-refractivity contribution in [1.82, 2.24) is 30.7 Å². The molecule has 10 N–H and O–H groups in total. The van der Waals surface area contributed by atoms with Gasteiger partial charge in [-0.15, -0.1) is 6.42 Å². The topological polar surface area (TPSA) is 378 Å². The van der Waals surface area contributed by atoms with Gasteiger partial charge in [0.2, 0.25) is 0 Å². The summed E-state index contributed by atoms with van der Waals surface area (Å²) in [6.45, 7) is 8.30. The van der Waals surface area contributed by atoms with E-state index >= 15 is 0 Å². The molecule has 2 aliphatic heterocycles. The van der Waals surface area contributed by atoms with Gasteiger partial charge >= 0.3 is 0 Å². The Hall–Kier alpha value is -9.88. The number of ether oxygens (including phenoxy) is 4. The standard InChI is InChI=1S/C30H36N2O7.C25H28N2O6.C19H25IN2O5.C11H12O2/c1-20(33)27(35)23-14-10-21(11-15-23)8-9-22-12-16-24(17-13-22)28(36)32(4)30(2,29(37)31-3)25(34)19-39-26-7-5-6-18-38-26;1-16(29)22(31)19-11-7-17(8-12-19)5-6-18-9-13-20(14-10-18)23(32)27(4)25(2,21(30)15-28)24(33)26-3;1-19(18(25)21-2,15(23)12-27-16-6-4-5-11-26-16)22(3)17(24)13-7-9-14(20)10-8-13;1-3-9-4-6-10(7-5-9)11(13)8(2)12/h10-17,20,26-27,33,35H,5-7,18-19H2,1-4H3,(H,31,37);7-14,16,22,28-29,31H,15H2,1-4H3,(H,26,33);7-10,16H,4-6,11-12H2,1-3H3,(H,21,25);1,4-8,11-13H,2H3/t20?,26?,27-,30-;16?,22-,25-;16?,19-;8?,11-/m1111/s1. The summed E-state index contributed by atoms with van der Waals surface area (Å²) in [5.74, 6) is 9.25. The van der Waals surface area contributed by atoms with Crippen molar-refractivity contribution in [2.45, 2.75) is 146 Å². The highest BCUT2D eigenvalue weighted by Crippen LogP contribution is 2.27. The first-order valence-electron chi connectivity index (χ1n) is 36.1. The van der Waals surface area contributed by atoms with E-state index in [1.54, 1.807) is 153 Å². The molecule has 2 heterocycles. The Morgan fingerprint density at radius 2 is 0.705 bits per heavy atom. The van der Waals surface area contributed by atoms with Gasteiger partial charge in [-0.3, -0.25) is 43.2 Å². The van der Waals surface area contributed by atoms with Crippen molar-refractivity contribution >= 4 is 75.4 Å². The van der Waals surface area contributed by atoms with Crippen LogP contribution in [0.1, 0.15) is 174 Å².